The van der Waals surface area contributed by atoms with E-state index >= 15 is 0 Å². The minimum Gasteiger partial charge on any atom is -0.385 e. The highest BCUT2D eigenvalue weighted by molar-refractivity contribution is 5.87. The molecular formula is C23H17F6N3O3. The van der Waals surface area contributed by atoms with Crippen molar-refractivity contribution in [3.63, 3.8) is 0 Å². The maximum atomic E-state index is 13.6. The fourth-order valence-electron chi connectivity index (χ4n) is 3.48. The molecule has 6 nitrogen and oxygen atoms in total. The number of benzene rings is 2. The summed E-state index contributed by atoms with van der Waals surface area (Å²) >= 11 is 0. The number of hydrogen-bond donors (Lipinski definition) is 0. The van der Waals surface area contributed by atoms with Gasteiger partial charge in [0.2, 0.25) is 0 Å². The number of morpholine rings is 1. The van der Waals surface area contributed by atoms with E-state index in [1.165, 1.54) is 12.1 Å². The van der Waals surface area contributed by atoms with Crippen LogP contribution < -0.4 is 4.74 Å². The number of nitrogens with zero attached hydrogens (tertiary/aromatic N) is 3. The van der Waals surface area contributed by atoms with Gasteiger partial charge in [-0.25, -0.2) is 4.79 Å². The molecule has 0 spiro atoms. The second kappa shape index (κ2) is 9.59. The van der Waals surface area contributed by atoms with Gasteiger partial charge in [-0.15, -0.1) is 0 Å². The van der Waals surface area contributed by atoms with Gasteiger partial charge in [-0.05, 0) is 24.3 Å². The summed E-state index contributed by atoms with van der Waals surface area (Å²) in [5.41, 5.74) is -1.36. The van der Waals surface area contributed by atoms with Gasteiger partial charge in [0.05, 0.1) is 47.6 Å². The minimum absolute atomic E-state index is 0.0244. The first kappa shape index (κ1) is 24.6. The van der Waals surface area contributed by atoms with Crippen molar-refractivity contribution in [2.24, 2.45) is 0 Å². The molecule has 2 aromatic carbocycles. The third-order valence-electron chi connectivity index (χ3n) is 5.11. The molecule has 0 atom stereocenters. The van der Waals surface area contributed by atoms with Crippen molar-refractivity contribution in [1.29, 1.82) is 0 Å². The van der Waals surface area contributed by atoms with E-state index in [-0.39, 0.29) is 28.8 Å². The molecular weight excluding hydrogens is 480 g/mol. The molecule has 184 valence electrons. The number of carbonyl (C=O) groups is 1. The molecule has 0 aliphatic carbocycles. The first-order valence-corrected chi connectivity index (χ1v) is 10.3. The molecule has 0 unspecified atom stereocenters. The number of hydrogen-bond acceptors (Lipinski definition) is 5. The second-order valence-corrected chi connectivity index (χ2v) is 7.53. The zero-order valence-corrected chi connectivity index (χ0v) is 17.9. The zero-order chi connectivity index (χ0) is 25.2. The molecule has 2 heterocycles. The summed E-state index contributed by atoms with van der Waals surface area (Å²) in [5.74, 6) is 2.96. The lowest BCUT2D eigenvalue weighted by molar-refractivity contribution is -0.190. The number of halogens is 6. The van der Waals surface area contributed by atoms with Crippen LogP contribution in [0.25, 0.3) is 16.7 Å². The van der Waals surface area contributed by atoms with Gasteiger partial charge in [-0.3, -0.25) is 9.47 Å². The highest BCUT2D eigenvalue weighted by Gasteiger charge is 2.42. The zero-order valence-electron chi connectivity index (χ0n) is 17.9. The van der Waals surface area contributed by atoms with Gasteiger partial charge in [0.15, 0.2) is 0 Å². The summed E-state index contributed by atoms with van der Waals surface area (Å²) in [4.78, 5) is 17.3. The van der Waals surface area contributed by atoms with Gasteiger partial charge >= 0.3 is 24.3 Å². The number of imidazole rings is 1. The Morgan fingerprint density at radius 2 is 1.74 bits per heavy atom. The highest BCUT2D eigenvalue weighted by atomic mass is 19.4. The summed E-state index contributed by atoms with van der Waals surface area (Å²) in [7, 11) is 0. The molecule has 1 aromatic heterocycles. The Bertz CT molecular complexity index is 1280. The number of para-hydroxylation sites is 1. The van der Waals surface area contributed by atoms with E-state index in [4.69, 9.17) is 4.74 Å². The smallest absolute Gasteiger partial charge is 0.385 e. The SMILES string of the molecule is O=C(Oc1nc2cc(C(F)(F)F)cc(C#CCN3CCOCC3)c2n1-c1ccccc1)C(F)(F)F. The van der Waals surface area contributed by atoms with E-state index in [0.29, 0.717) is 32.4 Å². The van der Waals surface area contributed by atoms with E-state index in [1.807, 2.05) is 4.90 Å². The van der Waals surface area contributed by atoms with E-state index in [9.17, 15) is 31.1 Å². The summed E-state index contributed by atoms with van der Waals surface area (Å²) in [6.07, 6.45) is -10.1. The molecule has 1 aliphatic rings. The number of rotatable bonds is 3. The standard InChI is InChI=1S/C23H17F6N3O3/c24-22(25,26)16-13-15(5-4-8-31-9-11-34-12-10-31)19-18(14-16)30-21(35-20(33)23(27,28)29)32(19)17-6-2-1-3-7-17/h1-3,6-7,13-14H,8-12H2. The van der Waals surface area contributed by atoms with E-state index in [0.717, 1.165) is 10.6 Å². The van der Waals surface area contributed by atoms with Crippen LogP contribution in [0.2, 0.25) is 0 Å². The Kier molecular flexibility index (Phi) is 6.73. The lowest BCUT2D eigenvalue weighted by Gasteiger charge is -2.24. The summed E-state index contributed by atoms with van der Waals surface area (Å²) < 4.78 is 90.1. The average molecular weight is 497 g/mol. The fraction of sp³-hybridized carbons (Fsp3) is 0.304. The van der Waals surface area contributed by atoms with Gasteiger partial charge in [0.25, 0.3) is 0 Å². The number of aromatic nitrogens is 2. The van der Waals surface area contributed by atoms with Crippen LogP contribution in [0.3, 0.4) is 0 Å². The van der Waals surface area contributed by atoms with Gasteiger partial charge in [0, 0.05) is 13.1 Å². The molecule has 0 saturated carbocycles. The Morgan fingerprint density at radius 3 is 2.37 bits per heavy atom. The fourth-order valence-corrected chi connectivity index (χ4v) is 3.48. The lowest BCUT2D eigenvalue weighted by Crippen LogP contribution is -2.36. The number of ether oxygens (including phenoxy) is 2. The number of carbonyl (C=O) groups excluding carboxylic acids is 1. The topological polar surface area (TPSA) is 56.6 Å². The van der Waals surface area contributed by atoms with Crippen LogP contribution in [0.4, 0.5) is 26.3 Å². The molecule has 0 amide bonds. The highest BCUT2D eigenvalue weighted by Crippen LogP contribution is 2.36. The third kappa shape index (κ3) is 5.58. The van der Waals surface area contributed by atoms with Crippen LogP contribution in [-0.4, -0.2) is 59.4 Å². The van der Waals surface area contributed by atoms with E-state index < -0.39 is 29.9 Å². The number of alkyl halides is 6. The Balaban J connectivity index is 1.89. The molecule has 0 radical (unpaired) electrons. The van der Waals surface area contributed by atoms with E-state index in [1.54, 1.807) is 18.2 Å². The van der Waals surface area contributed by atoms with Crippen molar-refractivity contribution in [2.75, 3.05) is 32.8 Å². The maximum absolute atomic E-state index is 13.6. The quantitative estimate of drug-likeness (QED) is 0.309. The average Bonchev–Trinajstić information content (AvgIpc) is 3.17. The Labute approximate surface area is 195 Å². The summed E-state index contributed by atoms with van der Waals surface area (Å²) in [6, 6.07) is 8.36. The van der Waals surface area contributed by atoms with Crippen molar-refractivity contribution in [3.05, 3.63) is 53.6 Å². The second-order valence-electron chi connectivity index (χ2n) is 7.53. The van der Waals surface area contributed by atoms with Crippen LogP contribution in [0, 0.1) is 11.8 Å². The summed E-state index contributed by atoms with van der Waals surface area (Å²) in [5, 5.41) is 0. The minimum atomic E-state index is -5.34. The van der Waals surface area contributed by atoms with Crippen molar-refractivity contribution >= 4 is 17.0 Å². The van der Waals surface area contributed by atoms with Crippen LogP contribution in [-0.2, 0) is 15.7 Å². The largest absolute Gasteiger partial charge is 0.491 e. The van der Waals surface area contributed by atoms with Gasteiger partial charge in [0.1, 0.15) is 0 Å². The molecule has 1 aliphatic heterocycles. The van der Waals surface area contributed by atoms with Crippen LogP contribution in [0.1, 0.15) is 11.1 Å². The molecule has 35 heavy (non-hydrogen) atoms. The Hall–Kier alpha value is -3.56. The molecule has 1 fully saturated rings. The molecule has 4 rings (SSSR count). The van der Waals surface area contributed by atoms with Crippen molar-refractivity contribution in [1.82, 2.24) is 14.5 Å². The Morgan fingerprint density at radius 1 is 1.06 bits per heavy atom. The van der Waals surface area contributed by atoms with Crippen molar-refractivity contribution in [3.8, 4) is 23.5 Å². The third-order valence-corrected chi connectivity index (χ3v) is 5.11. The summed E-state index contributed by atoms with van der Waals surface area (Å²) in [6.45, 7) is 2.46. The first-order valence-electron chi connectivity index (χ1n) is 10.3. The maximum Gasteiger partial charge on any atom is 0.491 e. The van der Waals surface area contributed by atoms with Gasteiger partial charge in [-0.2, -0.15) is 31.3 Å². The normalized spacial score (nSPS) is 15.0. The van der Waals surface area contributed by atoms with Gasteiger partial charge < -0.3 is 9.47 Å². The van der Waals surface area contributed by atoms with Crippen LogP contribution in [0.5, 0.6) is 6.01 Å². The lowest BCUT2D eigenvalue weighted by atomic mass is 10.1. The van der Waals surface area contributed by atoms with Crippen LogP contribution in [0.15, 0.2) is 42.5 Å². The van der Waals surface area contributed by atoms with Crippen molar-refractivity contribution < 1.29 is 40.6 Å². The monoisotopic (exact) mass is 497 g/mol. The molecule has 0 N–H and O–H groups in total. The predicted molar refractivity (Wildman–Crippen MR) is 112 cm³/mol. The molecule has 12 heteroatoms. The predicted octanol–water partition coefficient (Wildman–Crippen LogP) is 4.20. The van der Waals surface area contributed by atoms with Gasteiger partial charge in [-0.1, -0.05) is 30.0 Å². The molecule has 3 aromatic rings. The first-order chi connectivity index (χ1) is 16.5. The number of fused-ring (bicyclic) bond motifs is 1. The molecule has 0 bridgehead atoms. The molecule has 1 saturated heterocycles. The van der Waals surface area contributed by atoms with Crippen LogP contribution >= 0.6 is 0 Å². The van der Waals surface area contributed by atoms with E-state index in [2.05, 4.69) is 21.6 Å². The van der Waals surface area contributed by atoms with Crippen molar-refractivity contribution in [2.45, 2.75) is 12.4 Å². The number of esters is 1.